The first kappa shape index (κ1) is 14.1. The molecule has 2 heterocycles. The Kier molecular flexibility index (Phi) is 3.44. The Morgan fingerprint density at radius 3 is 2.42 bits per heavy atom. The lowest BCUT2D eigenvalue weighted by molar-refractivity contribution is 0.0613. The molecule has 0 saturated carbocycles. The predicted octanol–water partition coefficient (Wildman–Crippen LogP) is 1.20. The number of likely N-dealkylation sites (tertiary alicyclic amines) is 1. The summed E-state index contributed by atoms with van der Waals surface area (Å²) in [7, 11) is -3.73. The predicted molar refractivity (Wildman–Crippen MR) is 69.3 cm³/mol. The summed E-state index contributed by atoms with van der Waals surface area (Å²) in [6, 6.07) is 2.71. The molecule has 0 aromatic carbocycles. The minimum atomic E-state index is -3.73. The lowest BCUT2D eigenvalue weighted by Crippen LogP contribution is -2.42. The van der Waals surface area contributed by atoms with Gasteiger partial charge in [0.25, 0.3) is 15.9 Å². The number of nitrogens with one attached hydrogen (secondary N) is 1. The number of nitrogens with zero attached hydrogens (tertiary/aromatic N) is 1. The maximum Gasteiger partial charge on any atom is 0.289 e. The number of hydrogen-bond donors (Lipinski definition) is 1. The largest absolute Gasteiger partial charge is 0.438 e. The quantitative estimate of drug-likeness (QED) is 0.905. The second-order valence-corrected chi connectivity index (χ2v) is 7.23. The van der Waals surface area contributed by atoms with Gasteiger partial charge in [0.15, 0.2) is 5.76 Å². The van der Waals surface area contributed by atoms with E-state index in [9.17, 15) is 13.2 Å². The van der Waals surface area contributed by atoms with E-state index in [1.165, 1.54) is 12.1 Å². The normalized spacial score (nSPS) is 16.3. The number of rotatable bonds is 3. The van der Waals surface area contributed by atoms with Crippen molar-refractivity contribution in [3.05, 3.63) is 17.9 Å². The van der Waals surface area contributed by atoms with Crippen molar-refractivity contribution in [2.75, 3.05) is 13.1 Å². The molecule has 1 saturated heterocycles. The van der Waals surface area contributed by atoms with Gasteiger partial charge in [-0.05, 0) is 39.3 Å². The average Bonchev–Trinajstić information content (AvgIpc) is 2.59. The van der Waals surface area contributed by atoms with Crippen LogP contribution < -0.4 is 4.72 Å². The van der Waals surface area contributed by atoms with Gasteiger partial charge in [-0.3, -0.25) is 4.79 Å². The van der Waals surface area contributed by atoms with Crippen molar-refractivity contribution in [1.82, 2.24) is 9.62 Å². The maximum absolute atomic E-state index is 12.0. The van der Waals surface area contributed by atoms with E-state index in [4.69, 9.17) is 4.42 Å². The second-order valence-electron chi connectivity index (χ2n) is 5.62. The van der Waals surface area contributed by atoms with E-state index in [2.05, 4.69) is 4.72 Å². The molecular formula is C12H18N2O4S. The monoisotopic (exact) mass is 286 g/mol. The maximum atomic E-state index is 12.0. The van der Waals surface area contributed by atoms with Crippen molar-refractivity contribution in [3.63, 3.8) is 0 Å². The van der Waals surface area contributed by atoms with Crippen LogP contribution in [-0.4, -0.2) is 37.9 Å². The van der Waals surface area contributed by atoms with Crippen LogP contribution in [0, 0.1) is 0 Å². The van der Waals surface area contributed by atoms with Gasteiger partial charge >= 0.3 is 0 Å². The smallest absolute Gasteiger partial charge is 0.289 e. The van der Waals surface area contributed by atoms with Gasteiger partial charge in [0.1, 0.15) is 0 Å². The van der Waals surface area contributed by atoms with Crippen molar-refractivity contribution in [3.8, 4) is 0 Å². The molecule has 0 bridgehead atoms. The Bertz CT molecular complexity index is 579. The molecule has 2 rings (SSSR count). The molecule has 0 atom stereocenters. The summed E-state index contributed by atoms with van der Waals surface area (Å²) in [6.07, 6.45) is 0.975. The first-order valence-electron chi connectivity index (χ1n) is 6.12. The number of carbonyl (C=O) groups is 1. The van der Waals surface area contributed by atoms with E-state index in [-0.39, 0.29) is 16.8 Å². The van der Waals surface area contributed by atoms with Crippen LogP contribution in [0.1, 0.15) is 37.7 Å². The third-order valence-electron chi connectivity index (χ3n) is 2.64. The Balaban J connectivity index is 2.18. The molecule has 0 unspecified atom stereocenters. The fourth-order valence-corrected chi connectivity index (χ4v) is 3.06. The molecule has 1 N–H and O–H groups in total. The molecule has 1 fully saturated rings. The molecule has 0 spiro atoms. The summed E-state index contributed by atoms with van der Waals surface area (Å²) in [5, 5.41) is -0.230. The molecule has 1 amide bonds. The van der Waals surface area contributed by atoms with Crippen molar-refractivity contribution in [2.24, 2.45) is 0 Å². The number of hydrogen-bond acceptors (Lipinski definition) is 4. The third-order valence-corrected chi connectivity index (χ3v) is 4.27. The molecule has 7 heteroatoms. The topological polar surface area (TPSA) is 79.6 Å². The number of furan rings is 1. The Hall–Kier alpha value is -1.34. The van der Waals surface area contributed by atoms with Crippen molar-refractivity contribution in [1.29, 1.82) is 0 Å². The number of carbonyl (C=O) groups excluding carboxylic acids is 1. The van der Waals surface area contributed by atoms with Crippen molar-refractivity contribution < 1.29 is 17.6 Å². The number of amides is 1. The molecule has 6 nitrogen and oxygen atoms in total. The van der Waals surface area contributed by atoms with Gasteiger partial charge in [-0.2, -0.15) is 0 Å². The zero-order valence-electron chi connectivity index (χ0n) is 11.3. The number of sulfonamides is 1. The molecule has 0 aliphatic carbocycles. The van der Waals surface area contributed by atoms with Gasteiger partial charge in [0.2, 0.25) is 5.09 Å². The third kappa shape index (κ3) is 3.16. The standard InChI is InChI=1S/C12H18N2O4S/c1-12(2,3)13-19(16,17)10-6-5-9(18-10)11(15)14-7-4-8-14/h5-6,13H,4,7-8H2,1-3H3. The fraction of sp³-hybridized carbons (Fsp3) is 0.583. The summed E-state index contributed by atoms with van der Waals surface area (Å²) < 4.78 is 31.7. The van der Waals surface area contributed by atoms with Crippen LogP contribution >= 0.6 is 0 Å². The molecule has 19 heavy (non-hydrogen) atoms. The Labute approximate surface area is 112 Å². The highest BCUT2D eigenvalue weighted by atomic mass is 32.2. The summed E-state index contributed by atoms with van der Waals surface area (Å²) in [5.74, 6) is -0.197. The van der Waals surface area contributed by atoms with Crippen LogP contribution in [0.2, 0.25) is 0 Å². The first-order chi connectivity index (χ1) is 8.69. The summed E-state index contributed by atoms with van der Waals surface area (Å²) in [4.78, 5) is 13.5. The SMILES string of the molecule is CC(C)(C)NS(=O)(=O)c1ccc(C(=O)N2CCC2)o1. The summed E-state index contributed by atoms with van der Waals surface area (Å²) >= 11 is 0. The zero-order valence-corrected chi connectivity index (χ0v) is 12.1. The van der Waals surface area contributed by atoms with Crippen LogP contribution in [-0.2, 0) is 10.0 Å². The van der Waals surface area contributed by atoms with E-state index in [0.29, 0.717) is 13.1 Å². The van der Waals surface area contributed by atoms with Crippen LogP contribution in [0.5, 0.6) is 0 Å². The van der Waals surface area contributed by atoms with Gasteiger partial charge in [0.05, 0.1) is 0 Å². The van der Waals surface area contributed by atoms with E-state index < -0.39 is 15.6 Å². The molecule has 0 radical (unpaired) electrons. The fourth-order valence-electron chi connectivity index (χ4n) is 1.71. The van der Waals surface area contributed by atoms with E-state index in [1.807, 2.05) is 0 Å². The van der Waals surface area contributed by atoms with Gasteiger partial charge in [-0.1, -0.05) is 0 Å². The molecule has 1 aromatic rings. The molecule has 1 aliphatic heterocycles. The zero-order chi connectivity index (χ0) is 14.3. The molecule has 1 aliphatic rings. The van der Waals surface area contributed by atoms with Crippen LogP contribution in [0.3, 0.4) is 0 Å². The summed E-state index contributed by atoms with van der Waals surface area (Å²) in [6.45, 7) is 6.60. The molecular weight excluding hydrogens is 268 g/mol. The lowest BCUT2D eigenvalue weighted by atomic mass is 10.1. The molecule has 106 valence electrons. The van der Waals surface area contributed by atoms with Crippen LogP contribution in [0.4, 0.5) is 0 Å². The average molecular weight is 286 g/mol. The highest BCUT2D eigenvalue weighted by Crippen LogP contribution is 2.19. The van der Waals surface area contributed by atoms with E-state index in [0.717, 1.165) is 6.42 Å². The van der Waals surface area contributed by atoms with E-state index in [1.54, 1.807) is 25.7 Å². The highest BCUT2D eigenvalue weighted by Gasteiger charge is 2.28. The van der Waals surface area contributed by atoms with Gasteiger partial charge < -0.3 is 9.32 Å². The minimum absolute atomic E-state index is 0.0639. The second kappa shape index (κ2) is 4.64. The van der Waals surface area contributed by atoms with Gasteiger partial charge in [-0.25, -0.2) is 13.1 Å². The van der Waals surface area contributed by atoms with E-state index >= 15 is 0 Å². The van der Waals surface area contributed by atoms with Gasteiger partial charge in [0, 0.05) is 18.6 Å². The lowest BCUT2D eigenvalue weighted by Gasteiger charge is -2.29. The van der Waals surface area contributed by atoms with Crippen molar-refractivity contribution >= 4 is 15.9 Å². The Morgan fingerprint density at radius 1 is 1.32 bits per heavy atom. The minimum Gasteiger partial charge on any atom is -0.438 e. The first-order valence-corrected chi connectivity index (χ1v) is 7.60. The summed E-state index contributed by atoms with van der Waals surface area (Å²) in [5.41, 5.74) is -0.604. The van der Waals surface area contributed by atoms with Gasteiger partial charge in [-0.15, -0.1) is 0 Å². The highest BCUT2D eigenvalue weighted by molar-refractivity contribution is 7.89. The van der Waals surface area contributed by atoms with Crippen LogP contribution in [0.25, 0.3) is 0 Å². The van der Waals surface area contributed by atoms with Crippen molar-refractivity contribution in [2.45, 2.75) is 37.8 Å². The molecule has 1 aromatic heterocycles. The van der Waals surface area contributed by atoms with Crippen LogP contribution in [0.15, 0.2) is 21.6 Å². The Morgan fingerprint density at radius 2 is 1.95 bits per heavy atom.